The van der Waals surface area contributed by atoms with Gasteiger partial charge in [0.15, 0.2) is 0 Å². The van der Waals surface area contributed by atoms with Crippen LogP contribution in [0.25, 0.3) is 0 Å². The summed E-state index contributed by atoms with van der Waals surface area (Å²) in [5, 5.41) is 10.9. The fraction of sp³-hybridized carbons (Fsp3) is 0.875. The number of unbranched alkanes of at least 4 members (excludes halogenated alkanes) is 3. The Hall–Kier alpha value is -0.300. The summed E-state index contributed by atoms with van der Waals surface area (Å²) >= 11 is 0. The molecule has 0 fully saturated rings. The molecule has 0 bridgehead atoms. The summed E-state index contributed by atoms with van der Waals surface area (Å²) in [6.07, 6.45) is 10.1. The summed E-state index contributed by atoms with van der Waals surface area (Å²) in [6, 6.07) is 0. The summed E-state index contributed by atoms with van der Waals surface area (Å²) in [6.45, 7) is 10.8. The Balaban J connectivity index is 4.60. The minimum atomic E-state index is -0.571. The lowest BCUT2D eigenvalue weighted by atomic mass is 9.77. The maximum atomic E-state index is 10.9. The molecule has 0 aromatic rings. The summed E-state index contributed by atoms with van der Waals surface area (Å²) in [5.74, 6) is 0.307. The van der Waals surface area contributed by atoms with Crippen LogP contribution in [0, 0.1) is 5.92 Å². The molecule has 102 valence electrons. The van der Waals surface area contributed by atoms with Crippen molar-refractivity contribution in [2.45, 2.75) is 85.2 Å². The quantitative estimate of drug-likeness (QED) is 0.439. The largest absolute Gasteiger partial charge is 0.385 e. The van der Waals surface area contributed by atoms with Crippen molar-refractivity contribution in [1.29, 1.82) is 0 Å². The molecule has 0 saturated heterocycles. The summed E-state index contributed by atoms with van der Waals surface area (Å²) < 4.78 is 0. The monoisotopic (exact) mass is 240 g/mol. The van der Waals surface area contributed by atoms with Crippen molar-refractivity contribution in [2.75, 3.05) is 0 Å². The van der Waals surface area contributed by atoms with Crippen LogP contribution in [0.2, 0.25) is 0 Å². The molecule has 0 spiro atoms. The van der Waals surface area contributed by atoms with E-state index in [0.29, 0.717) is 5.92 Å². The molecule has 17 heavy (non-hydrogen) atoms. The van der Waals surface area contributed by atoms with Crippen LogP contribution >= 0.6 is 0 Å². The van der Waals surface area contributed by atoms with E-state index in [1.54, 1.807) is 0 Å². The van der Waals surface area contributed by atoms with Gasteiger partial charge in [-0.3, -0.25) is 0 Å². The smallest absolute Gasteiger partial charge is 0.0879 e. The van der Waals surface area contributed by atoms with Crippen molar-refractivity contribution in [3.05, 3.63) is 11.6 Å². The zero-order chi connectivity index (χ0) is 13.3. The Morgan fingerprint density at radius 1 is 1.12 bits per heavy atom. The van der Waals surface area contributed by atoms with E-state index in [1.807, 2.05) is 0 Å². The van der Waals surface area contributed by atoms with Gasteiger partial charge < -0.3 is 5.11 Å². The van der Waals surface area contributed by atoms with E-state index >= 15 is 0 Å². The van der Waals surface area contributed by atoms with Gasteiger partial charge in [0, 0.05) is 0 Å². The third kappa shape index (κ3) is 5.25. The molecule has 0 aromatic heterocycles. The second-order valence-corrected chi connectivity index (χ2v) is 5.38. The van der Waals surface area contributed by atoms with Crippen molar-refractivity contribution in [3.63, 3.8) is 0 Å². The Bertz CT molecular complexity index is 218. The van der Waals surface area contributed by atoms with Gasteiger partial charge in [-0.15, -0.1) is 0 Å². The lowest BCUT2D eigenvalue weighted by molar-refractivity contribution is 0.0177. The zero-order valence-electron chi connectivity index (χ0n) is 12.6. The summed E-state index contributed by atoms with van der Waals surface area (Å²) in [7, 11) is 0. The predicted molar refractivity (Wildman–Crippen MR) is 77.2 cm³/mol. The first kappa shape index (κ1) is 16.7. The second kappa shape index (κ2) is 8.74. The topological polar surface area (TPSA) is 20.2 Å². The number of hydrogen-bond acceptors (Lipinski definition) is 1. The second-order valence-electron chi connectivity index (χ2n) is 5.38. The molecule has 0 aliphatic carbocycles. The highest BCUT2D eigenvalue weighted by Crippen LogP contribution is 2.33. The molecule has 0 saturated carbocycles. The van der Waals surface area contributed by atoms with Gasteiger partial charge >= 0.3 is 0 Å². The van der Waals surface area contributed by atoms with Crippen molar-refractivity contribution >= 4 is 0 Å². The van der Waals surface area contributed by atoms with Crippen molar-refractivity contribution in [1.82, 2.24) is 0 Å². The Morgan fingerprint density at radius 3 is 2.18 bits per heavy atom. The van der Waals surface area contributed by atoms with E-state index < -0.39 is 5.60 Å². The van der Waals surface area contributed by atoms with Crippen LogP contribution in [0.4, 0.5) is 0 Å². The Kier molecular flexibility index (Phi) is 8.59. The molecule has 0 aromatic carbocycles. The standard InChI is InChI=1S/C16H32O/c1-6-9-10-11-13-16(17,14(4)5)15(8-3)12-7-2/h12,14,17H,6-11,13H2,1-5H3. The van der Waals surface area contributed by atoms with E-state index in [9.17, 15) is 5.11 Å². The van der Waals surface area contributed by atoms with Gasteiger partial charge in [0.05, 0.1) is 5.60 Å². The van der Waals surface area contributed by atoms with Gasteiger partial charge in [0.25, 0.3) is 0 Å². The normalized spacial score (nSPS) is 16.3. The van der Waals surface area contributed by atoms with Crippen LogP contribution in [0.1, 0.15) is 79.6 Å². The molecule has 1 heteroatoms. The Morgan fingerprint density at radius 2 is 1.76 bits per heavy atom. The minimum Gasteiger partial charge on any atom is -0.385 e. The first-order valence-electron chi connectivity index (χ1n) is 7.44. The highest BCUT2D eigenvalue weighted by Gasteiger charge is 2.33. The average molecular weight is 240 g/mol. The first-order chi connectivity index (χ1) is 8.02. The molecule has 1 atom stereocenters. The van der Waals surface area contributed by atoms with Gasteiger partial charge in [-0.1, -0.05) is 66.4 Å². The number of hydrogen-bond donors (Lipinski definition) is 1. The molecular formula is C16H32O. The van der Waals surface area contributed by atoms with E-state index in [4.69, 9.17) is 0 Å². The first-order valence-corrected chi connectivity index (χ1v) is 7.44. The summed E-state index contributed by atoms with van der Waals surface area (Å²) in [5.41, 5.74) is 0.671. The lowest BCUT2D eigenvalue weighted by Crippen LogP contribution is -2.37. The molecule has 1 nitrogen and oxygen atoms in total. The highest BCUT2D eigenvalue weighted by molar-refractivity contribution is 5.17. The number of aliphatic hydroxyl groups is 1. The van der Waals surface area contributed by atoms with Crippen LogP contribution in [0.3, 0.4) is 0 Å². The fourth-order valence-electron chi connectivity index (χ4n) is 2.51. The highest BCUT2D eigenvalue weighted by atomic mass is 16.3. The third-order valence-electron chi connectivity index (χ3n) is 3.75. The van der Waals surface area contributed by atoms with Crippen LogP contribution in [0.15, 0.2) is 11.6 Å². The van der Waals surface area contributed by atoms with Crippen molar-refractivity contribution < 1.29 is 5.11 Å². The molecule has 0 aliphatic heterocycles. The molecule has 1 unspecified atom stereocenters. The summed E-state index contributed by atoms with van der Waals surface area (Å²) in [4.78, 5) is 0. The molecule has 0 heterocycles. The SMILES string of the molecule is CCC=C(CC)C(O)(CCCCCC)C(C)C. The van der Waals surface area contributed by atoms with E-state index in [1.165, 1.54) is 24.8 Å². The minimum absolute atomic E-state index is 0.307. The van der Waals surface area contributed by atoms with Crippen LogP contribution in [-0.2, 0) is 0 Å². The zero-order valence-corrected chi connectivity index (χ0v) is 12.6. The van der Waals surface area contributed by atoms with Gasteiger partial charge in [0.1, 0.15) is 0 Å². The molecule has 0 radical (unpaired) electrons. The lowest BCUT2D eigenvalue weighted by Gasteiger charge is -2.35. The van der Waals surface area contributed by atoms with Gasteiger partial charge in [-0.25, -0.2) is 0 Å². The third-order valence-corrected chi connectivity index (χ3v) is 3.75. The number of rotatable bonds is 9. The van der Waals surface area contributed by atoms with Crippen molar-refractivity contribution in [3.8, 4) is 0 Å². The van der Waals surface area contributed by atoms with E-state index in [0.717, 1.165) is 25.7 Å². The van der Waals surface area contributed by atoms with Crippen LogP contribution in [0.5, 0.6) is 0 Å². The molecule has 1 N–H and O–H groups in total. The van der Waals surface area contributed by atoms with E-state index in [2.05, 4.69) is 40.7 Å². The fourth-order valence-corrected chi connectivity index (χ4v) is 2.51. The average Bonchev–Trinajstić information content (AvgIpc) is 2.31. The number of allylic oxidation sites excluding steroid dienone is 1. The molecular weight excluding hydrogens is 208 g/mol. The van der Waals surface area contributed by atoms with Gasteiger partial charge in [-0.05, 0) is 30.8 Å². The maximum Gasteiger partial charge on any atom is 0.0879 e. The maximum absolute atomic E-state index is 10.9. The van der Waals surface area contributed by atoms with Gasteiger partial charge in [0.2, 0.25) is 0 Å². The van der Waals surface area contributed by atoms with E-state index in [-0.39, 0.29) is 0 Å². The predicted octanol–water partition coefficient (Wildman–Crippen LogP) is 5.09. The molecule has 0 rings (SSSR count). The van der Waals surface area contributed by atoms with Crippen molar-refractivity contribution in [2.24, 2.45) is 5.92 Å². The van der Waals surface area contributed by atoms with Crippen LogP contribution < -0.4 is 0 Å². The molecule has 0 amide bonds. The molecule has 0 aliphatic rings. The Labute approximate surface area is 108 Å². The van der Waals surface area contributed by atoms with Gasteiger partial charge in [-0.2, -0.15) is 0 Å². The van der Waals surface area contributed by atoms with Crippen LogP contribution in [-0.4, -0.2) is 10.7 Å².